The number of benzene rings is 2. The summed E-state index contributed by atoms with van der Waals surface area (Å²) in [6.07, 6.45) is -7.49. The topological polar surface area (TPSA) is 143 Å². The number of nitrogens with zero attached hydrogens (tertiary/aromatic N) is 2. The largest absolute Gasteiger partial charge is 0.497 e. The van der Waals surface area contributed by atoms with E-state index in [0.717, 1.165) is 0 Å². The molecule has 2 aromatic carbocycles. The molecule has 0 bridgehead atoms. The lowest BCUT2D eigenvalue weighted by molar-refractivity contribution is -0.252. The molecule has 4 rings (SSSR count). The lowest BCUT2D eigenvalue weighted by Crippen LogP contribution is -2.62. The molecule has 9 nitrogen and oxygen atoms in total. The first kappa shape index (κ1) is 26.9. The zero-order valence-corrected chi connectivity index (χ0v) is 21.1. The Morgan fingerprint density at radius 2 is 1.73 bits per heavy atom. The van der Waals surface area contributed by atoms with Crippen LogP contribution in [0.1, 0.15) is 24.0 Å². The molecule has 2 aliphatic rings. The number of hydrogen-bond donors (Lipinski definition) is 5. The summed E-state index contributed by atoms with van der Waals surface area (Å²) in [6.45, 7) is 0.753. The fourth-order valence-electron chi connectivity index (χ4n) is 4.82. The van der Waals surface area contributed by atoms with Crippen molar-refractivity contribution in [1.29, 1.82) is 5.26 Å². The molecule has 2 aromatic rings. The second-order valence-corrected chi connectivity index (χ2v) is 9.25. The Balaban J connectivity index is 2.00. The molecule has 0 aromatic heterocycles. The Morgan fingerprint density at radius 1 is 1.08 bits per heavy atom. The summed E-state index contributed by atoms with van der Waals surface area (Å²) in [6, 6.07) is 18.0. The predicted molar refractivity (Wildman–Crippen MR) is 137 cm³/mol. The van der Waals surface area contributed by atoms with Crippen molar-refractivity contribution in [2.24, 2.45) is 0 Å². The van der Waals surface area contributed by atoms with Gasteiger partial charge in [0.05, 0.1) is 42.0 Å². The molecule has 1 fully saturated rings. The van der Waals surface area contributed by atoms with Crippen molar-refractivity contribution in [3.63, 3.8) is 0 Å². The van der Waals surface area contributed by atoms with Gasteiger partial charge in [-0.25, -0.2) is 0 Å². The van der Waals surface area contributed by atoms with Crippen LogP contribution in [0.15, 0.2) is 70.8 Å². The van der Waals surface area contributed by atoms with Gasteiger partial charge in [-0.15, -0.1) is 12.6 Å². The summed E-state index contributed by atoms with van der Waals surface area (Å²) in [4.78, 5) is 14.7. The van der Waals surface area contributed by atoms with Gasteiger partial charge in [-0.3, -0.25) is 4.79 Å². The van der Waals surface area contributed by atoms with E-state index in [4.69, 9.17) is 9.47 Å². The molecule has 0 spiro atoms. The fraction of sp³-hybridized carbons (Fsp3) is 0.333. The first-order valence-electron chi connectivity index (χ1n) is 11.6. The molecule has 0 amide bonds. The van der Waals surface area contributed by atoms with E-state index < -0.39 is 43.2 Å². The summed E-state index contributed by atoms with van der Waals surface area (Å²) >= 11 is 4.68. The van der Waals surface area contributed by atoms with Crippen LogP contribution in [0.3, 0.4) is 0 Å². The number of allylic oxidation sites excluding steroid dienone is 2. The lowest BCUT2D eigenvalue weighted by Gasteiger charge is -2.48. The maximum atomic E-state index is 13.3. The number of aliphatic hydroxyl groups excluding tert-OH is 4. The molecule has 1 saturated heterocycles. The molecule has 194 valence electrons. The van der Waals surface area contributed by atoms with Crippen LogP contribution in [0.5, 0.6) is 5.75 Å². The molecular formula is C27H28N2O7S. The Bertz CT molecular complexity index is 1250. The van der Waals surface area contributed by atoms with E-state index in [1.807, 2.05) is 0 Å². The highest BCUT2D eigenvalue weighted by molar-refractivity contribution is 7.84. The molecule has 0 radical (unpaired) electrons. The van der Waals surface area contributed by atoms with Gasteiger partial charge < -0.3 is 34.8 Å². The smallest absolute Gasteiger partial charge is 0.164 e. The number of carbonyl (C=O) groups is 1. The number of carbonyl (C=O) groups excluding carboxylic acids is 1. The quantitative estimate of drug-likeness (QED) is 0.356. The minimum absolute atomic E-state index is 0.0940. The predicted octanol–water partition coefficient (Wildman–Crippen LogP) is 1.56. The molecule has 2 aliphatic heterocycles. The van der Waals surface area contributed by atoms with Crippen molar-refractivity contribution in [3.05, 3.63) is 81.9 Å². The van der Waals surface area contributed by atoms with Gasteiger partial charge in [0.15, 0.2) is 12.0 Å². The van der Waals surface area contributed by atoms with E-state index in [1.54, 1.807) is 54.6 Å². The Kier molecular flexibility index (Phi) is 8.04. The van der Waals surface area contributed by atoms with E-state index in [2.05, 4.69) is 18.7 Å². The Morgan fingerprint density at radius 3 is 2.27 bits per heavy atom. The maximum Gasteiger partial charge on any atom is 0.164 e. The summed E-state index contributed by atoms with van der Waals surface area (Å²) in [7, 11) is 1.54. The molecule has 6 atom stereocenters. The van der Waals surface area contributed by atoms with Crippen LogP contribution in [0.4, 0.5) is 0 Å². The number of methoxy groups -OCH3 is 1. The monoisotopic (exact) mass is 524 g/mol. The van der Waals surface area contributed by atoms with Crippen molar-refractivity contribution >= 4 is 24.1 Å². The Hall–Kier alpha value is -3.17. The van der Waals surface area contributed by atoms with Crippen LogP contribution >= 0.6 is 12.6 Å². The molecule has 37 heavy (non-hydrogen) atoms. The van der Waals surface area contributed by atoms with Crippen molar-refractivity contribution in [2.75, 3.05) is 13.7 Å². The van der Waals surface area contributed by atoms with Crippen LogP contribution in [0, 0.1) is 11.3 Å². The average Bonchev–Trinajstić information content (AvgIpc) is 2.92. The second kappa shape index (κ2) is 11.1. The SMILES string of the molecule is COc1ccc(C2C(C#N)=C(S)N(C3OC(CO)C(O)C(O)C3O)C(c3ccccc3)=C2C(C)=O)cc1. The van der Waals surface area contributed by atoms with Gasteiger partial charge in [0.2, 0.25) is 0 Å². The van der Waals surface area contributed by atoms with Gasteiger partial charge in [0, 0.05) is 5.57 Å². The number of ether oxygens (including phenoxy) is 2. The molecule has 4 N–H and O–H groups in total. The molecule has 0 aliphatic carbocycles. The van der Waals surface area contributed by atoms with E-state index >= 15 is 0 Å². The summed E-state index contributed by atoms with van der Waals surface area (Å²) < 4.78 is 11.1. The van der Waals surface area contributed by atoms with Crippen molar-refractivity contribution < 1.29 is 34.7 Å². The summed E-state index contributed by atoms with van der Waals surface area (Å²) in [5.74, 6) is -0.521. The number of rotatable bonds is 6. The molecular weight excluding hydrogens is 496 g/mol. The number of thiol groups is 1. The first-order chi connectivity index (χ1) is 17.7. The highest BCUT2D eigenvalue weighted by Gasteiger charge is 2.49. The zero-order valence-electron chi connectivity index (χ0n) is 20.2. The van der Waals surface area contributed by atoms with Crippen LogP contribution < -0.4 is 4.74 Å². The van der Waals surface area contributed by atoms with Gasteiger partial charge in [0.25, 0.3) is 0 Å². The van der Waals surface area contributed by atoms with E-state index in [9.17, 15) is 30.5 Å². The fourth-order valence-corrected chi connectivity index (χ4v) is 5.22. The summed E-state index contributed by atoms with van der Waals surface area (Å²) in [5.41, 5.74) is 1.92. The standard InChI is InChI=1S/C27H28N2O7S/c1-14(31)20-21(15-8-10-17(35-2)11-9-15)18(12-28)27(37)29(22(20)16-6-4-3-5-7-16)26-25(34)24(33)23(32)19(13-30)36-26/h3-11,19,21,23-26,30,32-34,37H,13H2,1-2H3. The third-order valence-electron chi connectivity index (χ3n) is 6.66. The number of hydrogen-bond acceptors (Lipinski definition) is 10. The number of Topliss-reactive ketones (excluding diaryl/α,β-unsaturated/α-hetero) is 1. The van der Waals surface area contributed by atoms with Gasteiger partial charge in [0.1, 0.15) is 30.2 Å². The summed E-state index contributed by atoms with van der Waals surface area (Å²) in [5, 5.41) is 51.9. The molecule has 0 saturated carbocycles. The second-order valence-electron chi connectivity index (χ2n) is 8.83. The van der Waals surface area contributed by atoms with Crippen molar-refractivity contribution in [2.45, 2.75) is 43.5 Å². The normalized spacial score (nSPS) is 28.2. The molecule has 2 heterocycles. The molecule has 6 unspecified atom stereocenters. The third kappa shape index (κ3) is 4.78. The molecule has 10 heteroatoms. The van der Waals surface area contributed by atoms with Crippen LogP contribution in [-0.2, 0) is 9.53 Å². The average molecular weight is 525 g/mol. The van der Waals surface area contributed by atoms with Gasteiger partial charge in [-0.1, -0.05) is 42.5 Å². The lowest BCUT2D eigenvalue weighted by atomic mass is 9.78. The van der Waals surface area contributed by atoms with Crippen LogP contribution in [-0.4, -0.2) is 75.5 Å². The number of ketones is 1. The zero-order chi connectivity index (χ0) is 26.9. The highest BCUT2D eigenvalue weighted by atomic mass is 32.1. The number of aliphatic hydroxyl groups is 4. The van der Waals surface area contributed by atoms with Crippen LogP contribution in [0.2, 0.25) is 0 Å². The van der Waals surface area contributed by atoms with E-state index in [-0.39, 0.29) is 22.0 Å². The van der Waals surface area contributed by atoms with Crippen molar-refractivity contribution in [3.8, 4) is 11.8 Å². The number of nitriles is 1. The van der Waals surface area contributed by atoms with Gasteiger partial charge >= 0.3 is 0 Å². The van der Waals surface area contributed by atoms with Gasteiger partial charge in [-0.05, 0) is 30.2 Å². The van der Waals surface area contributed by atoms with Crippen LogP contribution in [0.25, 0.3) is 5.70 Å². The Labute approximate surface area is 219 Å². The third-order valence-corrected chi connectivity index (χ3v) is 7.12. The highest BCUT2D eigenvalue weighted by Crippen LogP contribution is 2.48. The van der Waals surface area contributed by atoms with E-state index in [0.29, 0.717) is 22.6 Å². The van der Waals surface area contributed by atoms with Crippen molar-refractivity contribution in [1.82, 2.24) is 4.90 Å². The van der Waals surface area contributed by atoms with Gasteiger partial charge in [-0.2, -0.15) is 5.26 Å². The first-order valence-corrected chi connectivity index (χ1v) is 12.1. The van der Waals surface area contributed by atoms with E-state index in [1.165, 1.54) is 18.9 Å². The minimum Gasteiger partial charge on any atom is -0.497 e. The maximum absolute atomic E-state index is 13.3. The minimum atomic E-state index is -1.67.